The average Bonchev–Trinajstić information content (AvgIpc) is 1.71. The van der Waals surface area contributed by atoms with Gasteiger partial charge in [0.05, 0.1) is 18.2 Å². The van der Waals surface area contributed by atoms with Crippen LogP contribution in [0.1, 0.15) is 13.3 Å². The third-order valence-corrected chi connectivity index (χ3v) is 0.158. The predicted octanol–water partition coefficient (Wildman–Crippen LogP) is 0.954. The van der Waals surface area contributed by atoms with Gasteiger partial charge in [-0.25, -0.2) is 0 Å². The molecule has 0 aliphatic rings. The van der Waals surface area contributed by atoms with Crippen molar-refractivity contribution >= 4 is 0 Å². The van der Waals surface area contributed by atoms with Gasteiger partial charge < -0.3 is 0 Å². The van der Waals surface area contributed by atoms with Gasteiger partial charge in [0.1, 0.15) is 6.42 Å². The summed E-state index contributed by atoms with van der Waals surface area (Å²) in [5.74, 6) is 0. The maximum Gasteiger partial charge on any atom is 0.122 e. The molecule has 0 fully saturated rings. The fraction of sp³-hybridized carbons (Fsp3) is 0.400. The van der Waals surface area contributed by atoms with E-state index in [9.17, 15) is 0 Å². The normalized spacial score (nSPS) is 3.75. The molecule has 0 spiro atoms. The van der Waals surface area contributed by atoms with E-state index in [2.05, 4.69) is 0 Å². The summed E-state index contributed by atoms with van der Waals surface area (Å²) >= 11 is 0. The molecule has 0 rings (SSSR count). The Balaban J connectivity index is 0. The van der Waals surface area contributed by atoms with Crippen molar-refractivity contribution in [2.75, 3.05) is 0 Å². The highest BCUT2D eigenvalue weighted by Crippen LogP contribution is 1.59. The molecule has 0 aromatic heterocycles. The van der Waals surface area contributed by atoms with E-state index in [4.69, 9.17) is 15.8 Å². The topological polar surface area (TPSA) is 71.4 Å². The molecule has 0 aromatic rings. The molecule has 0 heterocycles. The van der Waals surface area contributed by atoms with Crippen LogP contribution in [-0.4, -0.2) is 0 Å². The number of hydrogen-bond donors (Lipinski definition) is 0. The van der Waals surface area contributed by atoms with Crippen molar-refractivity contribution < 1.29 is 0 Å². The van der Waals surface area contributed by atoms with Crippen LogP contribution in [-0.2, 0) is 0 Å². The van der Waals surface area contributed by atoms with Gasteiger partial charge in [-0.2, -0.15) is 15.8 Å². The molecule has 0 radical (unpaired) electrons. The zero-order chi connectivity index (χ0) is 6.83. The van der Waals surface area contributed by atoms with Crippen molar-refractivity contribution in [3.05, 3.63) is 0 Å². The van der Waals surface area contributed by atoms with Crippen molar-refractivity contribution in [1.29, 1.82) is 15.8 Å². The second-order valence-corrected chi connectivity index (χ2v) is 0.717. The van der Waals surface area contributed by atoms with Gasteiger partial charge in [0.2, 0.25) is 0 Å². The molecule has 0 bridgehead atoms. The Morgan fingerprint density at radius 3 is 1.38 bits per heavy atom. The first-order valence-corrected chi connectivity index (χ1v) is 1.88. The standard InChI is InChI=1S/C3H2N2.C2H3N/c4-2-1-3-5;1-2-3/h1H2;1H3. The van der Waals surface area contributed by atoms with Gasteiger partial charge in [-0.15, -0.1) is 0 Å². The second-order valence-electron chi connectivity index (χ2n) is 0.717. The quantitative estimate of drug-likeness (QED) is 0.462. The van der Waals surface area contributed by atoms with Gasteiger partial charge in [-0.1, -0.05) is 0 Å². The Bertz CT molecular complexity index is 129. The molecule has 3 nitrogen and oxygen atoms in total. The molecule has 0 aliphatic heterocycles. The molecule has 0 atom stereocenters. The van der Waals surface area contributed by atoms with Crippen molar-refractivity contribution in [2.24, 2.45) is 0 Å². The van der Waals surface area contributed by atoms with Crippen LogP contribution < -0.4 is 0 Å². The van der Waals surface area contributed by atoms with E-state index in [1.54, 1.807) is 18.2 Å². The van der Waals surface area contributed by atoms with Gasteiger partial charge in [-0.05, 0) is 0 Å². The van der Waals surface area contributed by atoms with Crippen LogP contribution in [0, 0.1) is 34.0 Å². The van der Waals surface area contributed by atoms with Crippen LogP contribution in [0.15, 0.2) is 0 Å². The lowest BCUT2D eigenvalue weighted by molar-refractivity contribution is 1.33. The minimum absolute atomic E-state index is 0. The van der Waals surface area contributed by atoms with E-state index in [1.807, 2.05) is 0 Å². The summed E-state index contributed by atoms with van der Waals surface area (Å²) in [7, 11) is 0. The summed E-state index contributed by atoms with van der Waals surface area (Å²) < 4.78 is 0. The molecule has 0 amide bonds. The number of nitrogens with zero attached hydrogens (tertiary/aromatic N) is 3. The van der Waals surface area contributed by atoms with Gasteiger partial charge in [0.25, 0.3) is 0 Å². The third kappa shape index (κ3) is 244. The Labute approximate surface area is 48.4 Å². The zero-order valence-corrected chi connectivity index (χ0v) is 4.55. The average molecular weight is 107 g/mol. The highest BCUT2D eigenvalue weighted by atomic mass is 14.3. The highest BCUT2D eigenvalue weighted by Gasteiger charge is 1.61. The number of rotatable bonds is 0. The molecular weight excluding hydrogens is 102 g/mol. The summed E-state index contributed by atoms with van der Waals surface area (Å²) in [5.41, 5.74) is 0. The monoisotopic (exact) mass is 107 g/mol. The van der Waals surface area contributed by atoms with E-state index in [-0.39, 0.29) is 6.42 Å². The van der Waals surface area contributed by atoms with Gasteiger partial charge in [0.15, 0.2) is 0 Å². The first-order chi connectivity index (χ1) is 3.83. The Morgan fingerprint density at radius 2 is 1.38 bits per heavy atom. The van der Waals surface area contributed by atoms with Crippen LogP contribution in [0.5, 0.6) is 0 Å². The van der Waals surface area contributed by atoms with Gasteiger partial charge in [-0.3, -0.25) is 0 Å². The largest absolute Gasteiger partial charge is 0.199 e. The van der Waals surface area contributed by atoms with Crippen LogP contribution in [0.4, 0.5) is 0 Å². The lowest BCUT2D eigenvalue weighted by Crippen LogP contribution is -1.47. The summed E-state index contributed by atoms with van der Waals surface area (Å²) in [5, 5.41) is 22.5. The molecular formula is C5H5N3. The number of nitriles is 3. The van der Waals surface area contributed by atoms with Crippen molar-refractivity contribution in [2.45, 2.75) is 13.3 Å². The first-order valence-electron chi connectivity index (χ1n) is 1.88. The lowest BCUT2D eigenvalue weighted by Gasteiger charge is -1.45. The Hall–Kier alpha value is -1.53. The molecule has 0 aromatic carbocycles. The second kappa shape index (κ2) is 17.9. The maximum atomic E-state index is 7.59. The zero-order valence-electron chi connectivity index (χ0n) is 4.55. The minimum Gasteiger partial charge on any atom is -0.199 e. The van der Waals surface area contributed by atoms with Crippen molar-refractivity contribution in [3.8, 4) is 18.2 Å². The molecule has 0 saturated carbocycles. The number of hydrogen-bond acceptors (Lipinski definition) is 3. The fourth-order valence-corrected chi connectivity index (χ4v) is 0.0354. The minimum atomic E-state index is 0. The smallest absolute Gasteiger partial charge is 0.122 e. The lowest BCUT2D eigenvalue weighted by atomic mass is 10.5. The fourth-order valence-electron chi connectivity index (χ4n) is 0.0354. The van der Waals surface area contributed by atoms with Gasteiger partial charge >= 0.3 is 0 Å². The molecule has 3 heteroatoms. The molecule has 0 aliphatic carbocycles. The third-order valence-electron chi connectivity index (χ3n) is 0.158. The van der Waals surface area contributed by atoms with E-state index >= 15 is 0 Å². The molecule has 0 saturated heterocycles. The Kier molecular flexibility index (Phi) is 21.7. The van der Waals surface area contributed by atoms with E-state index in [0.29, 0.717) is 0 Å². The van der Waals surface area contributed by atoms with Crippen LogP contribution >= 0.6 is 0 Å². The van der Waals surface area contributed by atoms with E-state index in [0.717, 1.165) is 0 Å². The highest BCUT2D eigenvalue weighted by molar-refractivity contribution is 4.85. The van der Waals surface area contributed by atoms with Crippen LogP contribution in [0.3, 0.4) is 0 Å². The van der Waals surface area contributed by atoms with Crippen LogP contribution in [0.25, 0.3) is 0 Å². The molecule has 0 unspecified atom stereocenters. The summed E-state index contributed by atoms with van der Waals surface area (Å²) in [6.45, 7) is 1.43. The maximum absolute atomic E-state index is 7.59. The van der Waals surface area contributed by atoms with Crippen molar-refractivity contribution in [3.63, 3.8) is 0 Å². The summed E-state index contributed by atoms with van der Waals surface area (Å²) in [4.78, 5) is 0. The summed E-state index contributed by atoms with van der Waals surface area (Å²) in [6, 6.07) is 5.06. The SMILES string of the molecule is CC#N.N#CCC#N. The molecule has 0 N–H and O–H groups in total. The molecule has 40 valence electrons. The van der Waals surface area contributed by atoms with E-state index < -0.39 is 0 Å². The Morgan fingerprint density at radius 1 is 1.12 bits per heavy atom. The first kappa shape index (κ1) is 9.69. The van der Waals surface area contributed by atoms with Crippen molar-refractivity contribution in [1.82, 2.24) is 0 Å². The molecule has 8 heavy (non-hydrogen) atoms. The predicted molar refractivity (Wildman–Crippen MR) is 27.1 cm³/mol. The van der Waals surface area contributed by atoms with E-state index in [1.165, 1.54) is 6.92 Å². The van der Waals surface area contributed by atoms with Gasteiger partial charge in [0, 0.05) is 6.92 Å². The summed E-state index contributed by atoms with van der Waals surface area (Å²) in [6.07, 6.45) is 0. The van der Waals surface area contributed by atoms with Crippen LogP contribution in [0.2, 0.25) is 0 Å².